The summed E-state index contributed by atoms with van der Waals surface area (Å²) in [6.07, 6.45) is 12.3. The van der Waals surface area contributed by atoms with E-state index in [2.05, 4.69) is 168 Å². The Bertz CT molecular complexity index is 2400. The van der Waals surface area contributed by atoms with Crippen LogP contribution in [0.2, 0.25) is 0 Å². The van der Waals surface area contributed by atoms with Crippen LogP contribution in [0.4, 0.5) is 22.7 Å². The minimum Gasteiger partial charge on any atom is -0.457 e. The van der Waals surface area contributed by atoms with E-state index in [1.54, 1.807) is 6.92 Å². The van der Waals surface area contributed by atoms with Crippen LogP contribution < -0.4 is 10.6 Å². The van der Waals surface area contributed by atoms with Crippen molar-refractivity contribution in [2.45, 2.75) is 86.3 Å². The number of allylic oxidation sites excluding steroid dienone is 5. The molecule has 56 heavy (non-hydrogen) atoms. The van der Waals surface area contributed by atoms with E-state index in [1.807, 2.05) is 0 Å². The lowest BCUT2D eigenvalue weighted by atomic mass is 9.87. The van der Waals surface area contributed by atoms with Gasteiger partial charge >= 0.3 is 5.97 Å². The minimum absolute atomic E-state index is 0.0164. The van der Waals surface area contributed by atoms with Crippen LogP contribution in [0.5, 0.6) is 0 Å². The molecule has 7 rings (SSSR count). The highest BCUT2D eigenvalue weighted by Crippen LogP contribution is 2.39. The van der Waals surface area contributed by atoms with Crippen molar-refractivity contribution in [2.75, 3.05) is 10.6 Å². The average Bonchev–Trinajstić information content (AvgIpc) is 3.17. The number of aryl methyl sites for hydroxylation is 6. The van der Waals surface area contributed by atoms with E-state index >= 15 is 0 Å². The average molecular weight is 740 g/mol. The zero-order chi connectivity index (χ0) is 39.5. The van der Waals surface area contributed by atoms with Crippen LogP contribution in [-0.4, -0.2) is 23.8 Å². The Morgan fingerprint density at radius 3 is 1.98 bits per heavy atom. The Hall–Kier alpha value is -5.94. The normalized spacial score (nSPS) is 16.5. The predicted octanol–water partition coefficient (Wildman–Crippen LogP) is 13.0. The first kappa shape index (κ1) is 38.3. The number of benzene rings is 5. The lowest BCUT2D eigenvalue weighted by Crippen LogP contribution is -2.39. The third kappa shape index (κ3) is 8.33. The van der Waals surface area contributed by atoms with Gasteiger partial charge in [-0.25, -0.2) is 9.79 Å². The van der Waals surface area contributed by atoms with Crippen LogP contribution in [0.25, 0.3) is 16.3 Å². The van der Waals surface area contributed by atoms with Gasteiger partial charge in [0.15, 0.2) is 0 Å². The van der Waals surface area contributed by atoms with Crippen LogP contribution in [0.15, 0.2) is 132 Å². The molecule has 1 fully saturated rings. The lowest BCUT2D eigenvalue weighted by Gasteiger charge is -2.33. The van der Waals surface area contributed by atoms with E-state index < -0.39 is 0 Å². The molecule has 0 amide bonds. The molecule has 5 aromatic carbocycles. The van der Waals surface area contributed by atoms with E-state index in [-0.39, 0.29) is 18.1 Å². The number of esters is 1. The summed E-state index contributed by atoms with van der Waals surface area (Å²) in [7, 11) is 0. The Balaban J connectivity index is 1.30. The van der Waals surface area contributed by atoms with Crippen molar-refractivity contribution in [1.82, 2.24) is 0 Å². The van der Waals surface area contributed by atoms with Crippen molar-refractivity contribution in [3.05, 3.63) is 171 Å². The molecule has 2 aliphatic carbocycles. The number of rotatable bonds is 9. The van der Waals surface area contributed by atoms with Crippen LogP contribution in [0, 0.1) is 41.5 Å². The van der Waals surface area contributed by atoms with Gasteiger partial charge in [0, 0.05) is 28.0 Å². The number of anilines is 3. The zero-order valence-electron chi connectivity index (χ0n) is 33.8. The van der Waals surface area contributed by atoms with Crippen LogP contribution in [-0.2, 0) is 9.53 Å². The smallest absolute Gasteiger partial charge is 0.333 e. The first-order valence-corrected chi connectivity index (χ1v) is 19.8. The van der Waals surface area contributed by atoms with Crippen molar-refractivity contribution in [3.63, 3.8) is 0 Å². The third-order valence-electron chi connectivity index (χ3n) is 11.0. The first-order valence-electron chi connectivity index (χ1n) is 19.8. The van der Waals surface area contributed by atoms with Gasteiger partial charge in [-0.3, -0.25) is 0 Å². The summed E-state index contributed by atoms with van der Waals surface area (Å²) < 4.78 is 5.94. The van der Waals surface area contributed by atoms with Gasteiger partial charge in [0.05, 0.1) is 17.4 Å². The van der Waals surface area contributed by atoms with Crippen molar-refractivity contribution in [2.24, 2.45) is 4.99 Å². The first-order chi connectivity index (χ1) is 26.9. The van der Waals surface area contributed by atoms with Gasteiger partial charge in [0.25, 0.3) is 0 Å². The number of nitrogens with zero attached hydrogens (tertiary/aromatic N) is 1. The molecule has 0 heterocycles. The molecule has 0 aromatic heterocycles. The third-order valence-corrected chi connectivity index (χ3v) is 11.0. The molecule has 0 saturated heterocycles. The van der Waals surface area contributed by atoms with Gasteiger partial charge in [0.2, 0.25) is 0 Å². The topological polar surface area (TPSA) is 62.7 Å². The Kier molecular flexibility index (Phi) is 11.2. The van der Waals surface area contributed by atoms with Crippen molar-refractivity contribution in [3.8, 4) is 0 Å². The monoisotopic (exact) mass is 739 g/mol. The van der Waals surface area contributed by atoms with E-state index in [4.69, 9.17) is 9.73 Å². The molecule has 2 unspecified atom stereocenters. The number of carbonyl (C=O) groups is 1. The van der Waals surface area contributed by atoms with E-state index in [9.17, 15) is 4.79 Å². The molecule has 5 aromatic rings. The van der Waals surface area contributed by atoms with Crippen LogP contribution in [0.1, 0.15) is 77.1 Å². The summed E-state index contributed by atoms with van der Waals surface area (Å²) in [5.41, 5.74) is 17.4. The maximum atomic E-state index is 12.6. The van der Waals surface area contributed by atoms with Crippen molar-refractivity contribution < 1.29 is 9.53 Å². The van der Waals surface area contributed by atoms with Crippen LogP contribution in [0.3, 0.4) is 0 Å². The fourth-order valence-electron chi connectivity index (χ4n) is 8.38. The molecule has 284 valence electrons. The number of ether oxygens (including phenoxy) is 1. The van der Waals surface area contributed by atoms with E-state index in [0.717, 1.165) is 87.2 Å². The second-order valence-corrected chi connectivity index (χ2v) is 15.7. The second kappa shape index (κ2) is 16.4. The van der Waals surface area contributed by atoms with E-state index in [0.29, 0.717) is 5.57 Å². The number of nitrogens with one attached hydrogen (secondary N) is 2. The second-order valence-electron chi connectivity index (χ2n) is 15.7. The van der Waals surface area contributed by atoms with E-state index in [1.165, 1.54) is 33.4 Å². The van der Waals surface area contributed by atoms with Crippen molar-refractivity contribution in [1.29, 1.82) is 0 Å². The van der Waals surface area contributed by atoms with Crippen LogP contribution >= 0.6 is 0 Å². The molecule has 0 spiro atoms. The zero-order valence-corrected chi connectivity index (χ0v) is 33.8. The number of hydrogen-bond acceptors (Lipinski definition) is 5. The molecular weight excluding hydrogens is 687 g/mol. The molecule has 2 aliphatic rings. The summed E-state index contributed by atoms with van der Waals surface area (Å²) in [6, 6.07) is 30.7. The minimum atomic E-state index is -0.323. The summed E-state index contributed by atoms with van der Waals surface area (Å²) in [4.78, 5) is 17.6. The molecule has 0 radical (unpaired) electrons. The highest BCUT2D eigenvalue weighted by molar-refractivity contribution is 6.10. The quantitative estimate of drug-likeness (QED) is 0.117. The predicted molar refractivity (Wildman–Crippen MR) is 237 cm³/mol. The Labute approximate surface area is 332 Å². The molecule has 2 N–H and O–H groups in total. The maximum absolute atomic E-state index is 12.6. The maximum Gasteiger partial charge on any atom is 0.333 e. The summed E-state index contributed by atoms with van der Waals surface area (Å²) in [5, 5.41) is 9.77. The largest absolute Gasteiger partial charge is 0.457 e. The number of aliphatic imine (C=N–C) groups is 1. The Morgan fingerprint density at radius 2 is 1.34 bits per heavy atom. The van der Waals surface area contributed by atoms with Gasteiger partial charge in [-0.15, -0.1) is 0 Å². The van der Waals surface area contributed by atoms with Gasteiger partial charge in [-0.2, -0.15) is 0 Å². The summed E-state index contributed by atoms with van der Waals surface area (Å²) >= 11 is 0. The standard InChI is InChI=1S/C51H53N3O2/c1-31(2)51(55)56-47-16-12-11-15-46(47)54-45-26-25-44(42-13-9-10-14-43(42)45)48(38-17-21-40(22-18-38)52-49-34(5)27-32(3)28-35(49)6)39-19-23-41(24-20-39)53-50-36(7)29-33(4)30-37(50)8/h9-10,13-14,17-30,46-47,52,54H,1,11-12,15-16H2,2-8H3. The van der Waals surface area contributed by atoms with Gasteiger partial charge in [-0.1, -0.05) is 103 Å². The summed E-state index contributed by atoms with van der Waals surface area (Å²) in [5.74, 6) is -0.323. The molecule has 5 nitrogen and oxygen atoms in total. The Morgan fingerprint density at radius 1 is 0.732 bits per heavy atom. The van der Waals surface area contributed by atoms with Crippen molar-refractivity contribution >= 4 is 50.8 Å². The fraction of sp³-hybridized carbons (Fsp3) is 0.255. The fourth-order valence-corrected chi connectivity index (χ4v) is 8.38. The van der Waals surface area contributed by atoms with Gasteiger partial charge in [-0.05, 0) is 148 Å². The molecule has 0 aliphatic heterocycles. The number of hydrogen-bond donors (Lipinski definition) is 2. The van der Waals surface area contributed by atoms with Gasteiger partial charge in [0.1, 0.15) is 6.10 Å². The molecule has 0 bridgehead atoms. The summed E-state index contributed by atoms with van der Waals surface area (Å²) in [6.45, 7) is 18.4. The molecule has 2 atom stereocenters. The number of fused-ring (bicyclic) bond motifs is 1. The SMILES string of the molecule is C=C(C)C(=O)OC1CCCCC1Nc1ccc(C(=C2C=CC(=Nc3c(C)cc(C)cc3C)C=C2)c2ccc(Nc3c(C)cc(C)cc3C)cc2)c2ccccc12. The number of carbonyl (C=O) groups excluding carboxylic acids is 1. The molecule has 1 saturated carbocycles. The molecular formula is C51H53N3O2. The highest BCUT2D eigenvalue weighted by Gasteiger charge is 2.29. The highest BCUT2D eigenvalue weighted by atomic mass is 16.5. The molecule has 5 heteroatoms. The lowest BCUT2D eigenvalue weighted by molar-refractivity contribution is -0.146. The van der Waals surface area contributed by atoms with Gasteiger partial charge < -0.3 is 15.4 Å².